The molecule has 2 aromatic heterocycles. The minimum absolute atomic E-state index is 0.134. The Morgan fingerprint density at radius 1 is 1.29 bits per heavy atom. The molecule has 0 aliphatic heterocycles. The number of hydrogen-bond acceptors (Lipinski definition) is 5. The molecule has 3 aromatic rings. The number of nitrogens with one attached hydrogen (secondary N) is 1. The van der Waals surface area contributed by atoms with E-state index < -0.39 is 10.7 Å². The first kappa shape index (κ1) is 15.6. The van der Waals surface area contributed by atoms with E-state index in [4.69, 9.17) is 0 Å². The smallest absolute Gasteiger partial charge is 0.292 e. The van der Waals surface area contributed by atoms with Crippen LogP contribution in [-0.2, 0) is 6.54 Å². The summed E-state index contributed by atoms with van der Waals surface area (Å²) >= 11 is 0. The van der Waals surface area contributed by atoms with Crippen molar-refractivity contribution in [2.45, 2.75) is 13.5 Å². The van der Waals surface area contributed by atoms with E-state index in [0.29, 0.717) is 6.54 Å². The summed E-state index contributed by atoms with van der Waals surface area (Å²) in [6, 6.07) is 6.98. The quantitative estimate of drug-likeness (QED) is 0.574. The van der Waals surface area contributed by atoms with E-state index in [9.17, 15) is 14.5 Å². The number of halogens is 1. The minimum atomic E-state index is -0.551. The van der Waals surface area contributed by atoms with Gasteiger partial charge in [-0.15, -0.1) is 0 Å². The molecule has 0 radical (unpaired) electrons. The van der Waals surface area contributed by atoms with E-state index in [-0.39, 0.29) is 11.4 Å². The first-order chi connectivity index (χ1) is 11.5. The van der Waals surface area contributed by atoms with Gasteiger partial charge >= 0.3 is 0 Å². The molecule has 7 nitrogen and oxygen atoms in total. The van der Waals surface area contributed by atoms with Crippen LogP contribution in [-0.4, -0.2) is 19.5 Å². The first-order valence-electron chi connectivity index (χ1n) is 7.17. The first-order valence-corrected chi connectivity index (χ1v) is 7.17. The van der Waals surface area contributed by atoms with E-state index >= 15 is 0 Å². The number of nitrogens with zero attached hydrogens (tertiary/aromatic N) is 4. The van der Waals surface area contributed by atoms with Crippen molar-refractivity contribution >= 4 is 11.4 Å². The van der Waals surface area contributed by atoms with E-state index in [1.807, 2.05) is 29.8 Å². The predicted octanol–water partition coefficient (Wildman–Crippen LogP) is 3.24. The van der Waals surface area contributed by atoms with Crippen molar-refractivity contribution in [3.63, 3.8) is 0 Å². The van der Waals surface area contributed by atoms with E-state index in [0.717, 1.165) is 35.4 Å². The summed E-state index contributed by atoms with van der Waals surface area (Å²) in [4.78, 5) is 18.9. The fourth-order valence-corrected chi connectivity index (χ4v) is 2.29. The van der Waals surface area contributed by atoms with Crippen LogP contribution >= 0.6 is 0 Å². The number of benzene rings is 1. The normalized spacial score (nSPS) is 10.6. The van der Waals surface area contributed by atoms with Crippen molar-refractivity contribution in [1.82, 2.24) is 14.5 Å². The molecule has 0 fully saturated rings. The molecule has 0 unspecified atom stereocenters. The predicted molar refractivity (Wildman–Crippen MR) is 86.5 cm³/mol. The SMILES string of the molecule is Cc1nccn1-c1ccc(CNc2cc(F)ccc2[N+](=O)[O-])cn1. The molecule has 0 spiro atoms. The Morgan fingerprint density at radius 2 is 2.12 bits per heavy atom. The van der Waals surface area contributed by atoms with Gasteiger partial charge in [0.1, 0.15) is 23.1 Å². The van der Waals surface area contributed by atoms with Gasteiger partial charge in [-0.3, -0.25) is 14.7 Å². The third-order valence-electron chi connectivity index (χ3n) is 3.52. The van der Waals surface area contributed by atoms with Crippen LogP contribution in [0.2, 0.25) is 0 Å². The van der Waals surface area contributed by atoms with Crippen molar-refractivity contribution in [3.05, 3.63) is 76.2 Å². The van der Waals surface area contributed by atoms with Crippen LogP contribution in [0.5, 0.6) is 0 Å². The molecule has 3 rings (SSSR count). The lowest BCUT2D eigenvalue weighted by molar-refractivity contribution is -0.384. The standard InChI is InChI=1S/C16H14FN5O2/c1-11-18-6-7-21(11)16-5-2-12(10-20-16)9-19-14-8-13(17)3-4-15(14)22(23)24/h2-8,10,19H,9H2,1H3. The molecule has 0 atom stereocenters. The van der Waals surface area contributed by atoms with Gasteiger partial charge in [-0.05, 0) is 24.6 Å². The third kappa shape index (κ3) is 3.22. The number of anilines is 1. The van der Waals surface area contributed by atoms with Crippen LogP contribution in [0.1, 0.15) is 11.4 Å². The Morgan fingerprint density at radius 3 is 2.75 bits per heavy atom. The van der Waals surface area contributed by atoms with Crippen LogP contribution < -0.4 is 5.32 Å². The summed E-state index contributed by atoms with van der Waals surface area (Å²) in [6.45, 7) is 2.17. The summed E-state index contributed by atoms with van der Waals surface area (Å²) < 4.78 is 15.1. The van der Waals surface area contributed by atoms with Gasteiger partial charge in [0.05, 0.1) is 4.92 Å². The minimum Gasteiger partial charge on any atom is -0.375 e. The lowest BCUT2D eigenvalue weighted by Gasteiger charge is -2.08. The van der Waals surface area contributed by atoms with Gasteiger partial charge < -0.3 is 5.32 Å². The van der Waals surface area contributed by atoms with Crippen molar-refractivity contribution in [1.29, 1.82) is 0 Å². The topological polar surface area (TPSA) is 85.9 Å². The Labute approximate surface area is 137 Å². The van der Waals surface area contributed by atoms with Crippen LogP contribution in [0.25, 0.3) is 5.82 Å². The molecule has 0 saturated heterocycles. The molecule has 0 bridgehead atoms. The number of hydrogen-bond donors (Lipinski definition) is 1. The average molecular weight is 327 g/mol. The molecular weight excluding hydrogens is 313 g/mol. The van der Waals surface area contributed by atoms with E-state index in [1.165, 1.54) is 0 Å². The zero-order valence-electron chi connectivity index (χ0n) is 12.8. The summed E-state index contributed by atoms with van der Waals surface area (Å²) in [6.07, 6.45) is 5.16. The van der Waals surface area contributed by atoms with Crippen molar-refractivity contribution in [3.8, 4) is 5.82 Å². The number of nitro benzene ring substituents is 1. The highest BCUT2D eigenvalue weighted by Crippen LogP contribution is 2.25. The third-order valence-corrected chi connectivity index (χ3v) is 3.52. The highest BCUT2D eigenvalue weighted by atomic mass is 19.1. The summed E-state index contributed by atoms with van der Waals surface area (Å²) in [5.41, 5.74) is 0.777. The molecule has 8 heteroatoms. The van der Waals surface area contributed by atoms with Gasteiger partial charge in [-0.2, -0.15) is 0 Å². The van der Waals surface area contributed by atoms with Gasteiger partial charge in [0, 0.05) is 37.3 Å². The second-order valence-electron chi connectivity index (χ2n) is 5.14. The van der Waals surface area contributed by atoms with Gasteiger partial charge in [-0.1, -0.05) is 6.07 Å². The largest absolute Gasteiger partial charge is 0.375 e. The van der Waals surface area contributed by atoms with Crippen molar-refractivity contribution in [2.24, 2.45) is 0 Å². The van der Waals surface area contributed by atoms with Gasteiger partial charge in [0.25, 0.3) is 5.69 Å². The van der Waals surface area contributed by atoms with Crippen LogP contribution in [0.4, 0.5) is 15.8 Å². The highest BCUT2D eigenvalue weighted by Gasteiger charge is 2.14. The summed E-state index contributed by atoms with van der Waals surface area (Å²) in [7, 11) is 0. The zero-order chi connectivity index (χ0) is 17.1. The molecule has 0 aliphatic carbocycles. The maximum Gasteiger partial charge on any atom is 0.292 e. The Hall–Kier alpha value is -3.29. The summed E-state index contributed by atoms with van der Waals surface area (Å²) in [5.74, 6) is 1.02. The number of rotatable bonds is 5. The van der Waals surface area contributed by atoms with Gasteiger partial charge in [0.2, 0.25) is 0 Å². The Bertz CT molecular complexity index is 876. The van der Waals surface area contributed by atoms with Crippen LogP contribution in [0.3, 0.4) is 0 Å². The van der Waals surface area contributed by atoms with Crippen LogP contribution in [0, 0.1) is 22.9 Å². The molecule has 0 aliphatic rings. The highest BCUT2D eigenvalue weighted by molar-refractivity contribution is 5.61. The number of nitro groups is 1. The van der Waals surface area contributed by atoms with Crippen molar-refractivity contribution in [2.75, 3.05) is 5.32 Å². The van der Waals surface area contributed by atoms with Gasteiger partial charge in [-0.25, -0.2) is 14.4 Å². The number of imidazole rings is 1. The lowest BCUT2D eigenvalue weighted by atomic mass is 10.2. The number of pyridine rings is 1. The van der Waals surface area contributed by atoms with E-state index in [1.54, 1.807) is 12.4 Å². The molecule has 1 N–H and O–H groups in total. The van der Waals surface area contributed by atoms with Gasteiger partial charge in [0.15, 0.2) is 0 Å². The molecular formula is C16H14FN5O2. The maximum atomic E-state index is 13.3. The Balaban J connectivity index is 1.75. The average Bonchev–Trinajstić information content (AvgIpc) is 2.99. The Kier molecular flexibility index (Phi) is 4.19. The molecule has 2 heterocycles. The van der Waals surface area contributed by atoms with E-state index in [2.05, 4.69) is 15.3 Å². The monoisotopic (exact) mass is 327 g/mol. The second-order valence-corrected chi connectivity index (χ2v) is 5.14. The molecule has 1 aromatic carbocycles. The zero-order valence-corrected chi connectivity index (χ0v) is 12.8. The molecule has 122 valence electrons. The van der Waals surface area contributed by atoms with Crippen molar-refractivity contribution < 1.29 is 9.31 Å². The fraction of sp³-hybridized carbons (Fsp3) is 0.125. The molecule has 24 heavy (non-hydrogen) atoms. The lowest BCUT2D eigenvalue weighted by Crippen LogP contribution is -2.04. The summed E-state index contributed by atoms with van der Waals surface area (Å²) in [5, 5.41) is 13.9. The fourth-order valence-electron chi connectivity index (χ4n) is 2.29. The number of aryl methyl sites for hydroxylation is 1. The molecule has 0 amide bonds. The van der Waals surface area contributed by atoms with Crippen LogP contribution in [0.15, 0.2) is 48.9 Å². The molecule has 0 saturated carbocycles. The second kappa shape index (κ2) is 6.45. The maximum absolute atomic E-state index is 13.3. The number of aromatic nitrogens is 3.